The molecule has 3 aromatic rings. The van der Waals surface area contributed by atoms with Crippen molar-refractivity contribution in [3.63, 3.8) is 0 Å². The van der Waals surface area contributed by atoms with Gasteiger partial charge in [0.1, 0.15) is 0 Å². The lowest BCUT2D eigenvalue weighted by Crippen LogP contribution is -2.55. The van der Waals surface area contributed by atoms with Crippen molar-refractivity contribution in [1.82, 2.24) is 14.5 Å². The Kier molecular flexibility index (Phi) is 9.11. The number of urea groups is 1. The number of nitrogens with zero attached hydrogens (tertiary/aromatic N) is 3. The number of nitrogens with one attached hydrogen (secondary N) is 2. The predicted octanol–water partition coefficient (Wildman–Crippen LogP) is 4.15. The fourth-order valence-corrected chi connectivity index (χ4v) is 5.84. The van der Waals surface area contributed by atoms with Gasteiger partial charge in [0.05, 0.1) is 11.4 Å². The second kappa shape index (κ2) is 12.5. The van der Waals surface area contributed by atoms with Gasteiger partial charge in [0, 0.05) is 49.6 Å². The van der Waals surface area contributed by atoms with Crippen molar-refractivity contribution >= 4 is 33.3 Å². The molecule has 0 atom stereocenters. The first-order valence-corrected chi connectivity index (χ1v) is 14.8. The van der Waals surface area contributed by atoms with Gasteiger partial charge < -0.3 is 20.4 Å². The number of carbonyl (C=O) groups is 2. The number of rotatable bonds is 8. The Balaban J connectivity index is 1.38. The Bertz CT molecular complexity index is 1380. The highest BCUT2D eigenvalue weighted by Crippen LogP contribution is 2.21. The van der Waals surface area contributed by atoms with Crippen LogP contribution in [-0.4, -0.2) is 67.8 Å². The molecule has 0 radical (unpaired) electrons. The molecule has 9 nitrogen and oxygen atoms in total. The van der Waals surface area contributed by atoms with Gasteiger partial charge in [-0.25, -0.2) is 13.2 Å². The third-order valence-electron chi connectivity index (χ3n) is 6.47. The first-order chi connectivity index (χ1) is 19.0. The van der Waals surface area contributed by atoms with E-state index in [1.165, 1.54) is 16.4 Å². The zero-order chi connectivity index (χ0) is 28.8. The quantitative estimate of drug-likeness (QED) is 0.429. The average Bonchev–Trinajstić information content (AvgIpc) is 2.93. The van der Waals surface area contributed by atoms with Gasteiger partial charge in [-0.05, 0) is 62.7 Å². The normalized spacial score (nSPS) is 14.2. The molecule has 1 fully saturated rings. The summed E-state index contributed by atoms with van der Waals surface area (Å²) in [7, 11) is -3.90. The van der Waals surface area contributed by atoms with Crippen LogP contribution in [-0.2, 0) is 21.4 Å². The van der Waals surface area contributed by atoms with Crippen LogP contribution in [0.1, 0.15) is 26.3 Å². The summed E-state index contributed by atoms with van der Waals surface area (Å²) in [5, 5.41) is 5.83. The van der Waals surface area contributed by atoms with Gasteiger partial charge in [0.15, 0.2) is 0 Å². The van der Waals surface area contributed by atoms with E-state index in [1.54, 1.807) is 30.3 Å². The molecule has 0 unspecified atom stereocenters. The molecule has 0 aromatic heterocycles. The van der Waals surface area contributed by atoms with E-state index < -0.39 is 15.9 Å². The third kappa shape index (κ3) is 7.83. The molecule has 2 N–H and O–H groups in total. The number of amides is 3. The first kappa shape index (κ1) is 29.1. The van der Waals surface area contributed by atoms with Crippen LogP contribution in [0.3, 0.4) is 0 Å². The van der Waals surface area contributed by atoms with E-state index in [9.17, 15) is 18.0 Å². The number of hydrogen-bond acceptors (Lipinski definition) is 5. The lowest BCUT2D eigenvalue weighted by Gasteiger charge is -2.37. The summed E-state index contributed by atoms with van der Waals surface area (Å²) in [4.78, 5) is 29.6. The molecule has 1 heterocycles. The summed E-state index contributed by atoms with van der Waals surface area (Å²) >= 11 is 0. The summed E-state index contributed by atoms with van der Waals surface area (Å²) in [5.74, 6) is -0.429. The Hall–Kier alpha value is -3.89. The van der Waals surface area contributed by atoms with Crippen LogP contribution in [0.4, 0.5) is 16.2 Å². The Morgan fingerprint density at radius 3 is 1.98 bits per heavy atom. The standard InChI is InChI=1S/C30H37N5O4S/c1-30(2,3)32-29(37)34-20-18-33(19-21-34)26-16-14-25(15-17-26)31-28(36)23-35(22-24-10-6-4-7-11-24)40(38,39)27-12-8-5-9-13-27/h4-17H,18-23H2,1-3H3,(H,31,36)(H,32,37). The van der Waals surface area contributed by atoms with E-state index >= 15 is 0 Å². The average molecular weight is 564 g/mol. The Labute approximate surface area is 236 Å². The van der Waals surface area contributed by atoms with Crippen molar-refractivity contribution in [3.8, 4) is 0 Å². The van der Waals surface area contributed by atoms with E-state index in [1.807, 2.05) is 68.1 Å². The lowest BCUT2D eigenvalue weighted by molar-refractivity contribution is -0.116. The molecule has 0 saturated carbocycles. The topological polar surface area (TPSA) is 102 Å². The second-order valence-electron chi connectivity index (χ2n) is 10.8. The monoisotopic (exact) mass is 563 g/mol. The van der Waals surface area contributed by atoms with Gasteiger partial charge in [-0.15, -0.1) is 0 Å². The number of sulfonamides is 1. The number of carbonyl (C=O) groups excluding carboxylic acids is 2. The summed E-state index contributed by atoms with van der Waals surface area (Å²) in [6.45, 7) is 8.28. The number of piperazine rings is 1. The highest BCUT2D eigenvalue weighted by molar-refractivity contribution is 7.89. The third-order valence-corrected chi connectivity index (χ3v) is 8.27. The van der Waals surface area contributed by atoms with Crippen molar-refractivity contribution in [1.29, 1.82) is 0 Å². The van der Waals surface area contributed by atoms with Crippen LogP contribution in [0.15, 0.2) is 89.8 Å². The molecular formula is C30H37N5O4S. The largest absolute Gasteiger partial charge is 0.368 e. The van der Waals surface area contributed by atoms with Gasteiger partial charge in [-0.1, -0.05) is 48.5 Å². The van der Waals surface area contributed by atoms with E-state index in [2.05, 4.69) is 15.5 Å². The minimum Gasteiger partial charge on any atom is -0.368 e. The summed E-state index contributed by atoms with van der Waals surface area (Å²) < 4.78 is 28.0. The molecular weight excluding hydrogens is 526 g/mol. The SMILES string of the molecule is CC(C)(C)NC(=O)N1CCN(c2ccc(NC(=O)CN(Cc3ccccc3)S(=O)(=O)c3ccccc3)cc2)CC1. The van der Waals surface area contributed by atoms with Crippen molar-refractivity contribution in [2.45, 2.75) is 37.8 Å². The zero-order valence-corrected chi connectivity index (χ0v) is 24.0. The van der Waals surface area contributed by atoms with Crippen molar-refractivity contribution in [3.05, 3.63) is 90.5 Å². The number of anilines is 2. The van der Waals surface area contributed by atoms with Gasteiger partial charge in [-0.2, -0.15) is 4.31 Å². The van der Waals surface area contributed by atoms with Crippen molar-refractivity contribution in [2.24, 2.45) is 0 Å². The maximum Gasteiger partial charge on any atom is 0.317 e. The van der Waals surface area contributed by atoms with Gasteiger partial charge in [0.2, 0.25) is 15.9 Å². The van der Waals surface area contributed by atoms with E-state index in [0.29, 0.717) is 31.9 Å². The molecule has 3 amide bonds. The van der Waals surface area contributed by atoms with Crippen molar-refractivity contribution in [2.75, 3.05) is 42.9 Å². The molecule has 1 aliphatic heterocycles. The van der Waals surface area contributed by atoms with E-state index in [0.717, 1.165) is 11.3 Å². The molecule has 212 valence electrons. The molecule has 3 aromatic carbocycles. The fraction of sp³-hybridized carbons (Fsp3) is 0.333. The highest BCUT2D eigenvalue weighted by atomic mass is 32.2. The summed E-state index contributed by atoms with van der Waals surface area (Å²) in [6.07, 6.45) is 0. The first-order valence-electron chi connectivity index (χ1n) is 13.3. The molecule has 40 heavy (non-hydrogen) atoms. The molecule has 0 aliphatic carbocycles. The lowest BCUT2D eigenvalue weighted by atomic mass is 10.1. The minimum atomic E-state index is -3.90. The fourth-order valence-electron chi connectivity index (χ4n) is 4.44. The van der Waals surface area contributed by atoms with Gasteiger partial charge >= 0.3 is 6.03 Å². The van der Waals surface area contributed by atoms with Crippen LogP contribution in [0.5, 0.6) is 0 Å². The molecule has 0 bridgehead atoms. The maximum atomic E-state index is 13.4. The molecule has 1 saturated heterocycles. The van der Waals surface area contributed by atoms with Gasteiger partial charge in [-0.3, -0.25) is 4.79 Å². The Morgan fingerprint density at radius 1 is 0.825 bits per heavy atom. The van der Waals surface area contributed by atoms with E-state index in [-0.39, 0.29) is 29.6 Å². The number of hydrogen-bond donors (Lipinski definition) is 2. The van der Waals surface area contributed by atoms with Crippen LogP contribution in [0.2, 0.25) is 0 Å². The smallest absolute Gasteiger partial charge is 0.317 e. The molecule has 10 heteroatoms. The van der Waals surface area contributed by atoms with Crippen molar-refractivity contribution < 1.29 is 18.0 Å². The molecule has 4 rings (SSSR count). The van der Waals surface area contributed by atoms with Crippen LogP contribution in [0.25, 0.3) is 0 Å². The second-order valence-corrected chi connectivity index (χ2v) is 12.8. The summed E-state index contributed by atoms with van der Waals surface area (Å²) in [6, 6.07) is 24.7. The Morgan fingerprint density at radius 2 is 1.40 bits per heavy atom. The number of benzene rings is 3. The van der Waals surface area contributed by atoms with Crippen LogP contribution >= 0.6 is 0 Å². The van der Waals surface area contributed by atoms with Gasteiger partial charge in [0.25, 0.3) is 0 Å². The van der Waals surface area contributed by atoms with Crippen LogP contribution in [0, 0.1) is 0 Å². The maximum absolute atomic E-state index is 13.4. The predicted molar refractivity (Wildman–Crippen MR) is 158 cm³/mol. The molecule has 0 spiro atoms. The summed E-state index contributed by atoms with van der Waals surface area (Å²) in [5.41, 5.74) is 2.08. The molecule has 1 aliphatic rings. The van der Waals surface area contributed by atoms with E-state index in [4.69, 9.17) is 0 Å². The minimum absolute atomic E-state index is 0.0548. The highest BCUT2D eigenvalue weighted by Gasteiger charge is 2.27. The zero-order valence-electron chi connectivity index (χ0n) is 23.2. The van der Waals surface area contributed by atoms with Crippen LogP contribution < -0.4 is 15.5 Å².